The number of carbonyl (C=O) groups is 1. The first-order valence-electron chi connectivity index (χ1n) is 14.9. The number of anilines is 1. The highest BCUT2D eigenvalue weighted by molar-refractivity contribution is 6.30. The van der Waals surface area contributed by atoms with Gasteiger partial charge >= 0.3 is 6.09 Å². The quantitative estimate of drug-likeness (QED) is 0.145. The molecular formula is C32H35ClN8O4. The number of nitrogens with zero attached hydrogens (tertiary/aromatic N) is 6. The highest BCUT2D eigenvalue weighted by atomic mass is 35.5. The largest absolute Gasteiger partial charge is 0.481 e. The van der Waals surface area contributed by atoms with Crippen LogP contribution in [0.5, 0.6) is 5.88 Å². The number of primary amides is 1. The molecule has 3 N–H and O–H groups in total. The van der Waals surface area contributed by atoms with Crippen molar-refractivity contribution >= 4 is 40.7 Å². The molecule has 1 amide bonds. The molecule has 1 saturated heterocycles. The van der Waals surface area contributed by atoms with Crippen molar-refractivity contribution in [2.24, 2.45) is 17.6 Å². The zero-order valence-electron chi connectivity index (χ0n) is 25.0. The van der Waals surface area contributed by atoms with E-state index in [1.54, 1.807) is 6.07 Å². The highest BCUT2D eigenvalue weighted by Crippen LogP contribution is 2.40. The molecule has 0 radical (unpaired) electrons. The molecule has 45 heavy (non-hydrogen) atoms. The predicted molar refractivity (Wildman–Crippen MR) is 171 cm³/mol. The van der Waals surface area contributed by atoms with Gasteiger partial charge in [-0.2, -0.15) is 4.98 Å². The maximum atomic E-state index is 11.6. The third-order valence-electron chi connectivity index (χ3n) is 8.49. The van der Waals surface area contributed by atoms with E-state index in [4.69, 9.17) is 46.9 Å². The zero-order chi connectivity index (χ0) is 31.5. The van der Waals surface area contributed by atoms with Gasteiger partial charge < -0.3 is 29.4 Å². The van der Waals surface area contributed by atoms with Gasteiger partial charge in [-0.3, -0.25) is 5.41 Å². The van der Waals surface area contributed by atoms with Crippen molar-refractivity contribution in [3.05, 3.63) is 71.7 Å². The van der Waals surface area contributed by atoms with Crippen molar-refractivity contribution in [2.45, 2.75) is 38.3 Å². The van der Waals surface area contributed by atoms with Crippen LogP contribution in [0, 0.1) is 17.2 Å². The summed E-state index contributed by atoms with van der Waals surface area (Å²) in [5.74, 6) is 1.10. The molecule has 4 heterocycles. The number of halogens is 1. The number of rotatable bonds is 8. The number of nitrogens with two attached hydrogens (primary N) is 1. The molecule has 2 aliphatic rings. The lowest BCUT2D eigenvalue weighted by molar-refractivity contribution is 0.0927. The number of benzene rings is 1. The molecule has 234 valence electrons. The first-order valence-corrected chi connectivity index (χ1v) is 15.3. The van der Waals surface area contributed by atoms with Crippen LogP contribution < -0.4 is 15.4 Å². The normalized spacial score (nSPS) is 20.1. The topological polar surface area (TPSA) is 154 Å². The van der Waals surface area contributed by atoms with Crippen molar-refractivity contribution < 1.29 is 19.0 Å². The molecule has 3 aromatic heterocycles. The number of carbonyl (C=O) groups excluding carboxylic acids is 1. The Morgan fingerprint density at radius 1 is 1.20 bits per heavy atom. The summed E-state index contributed by atoms with van der Waals surface area (Å²) < 4.78 is 18.6. The predicted octanol–water partition coefficient (Wildman–Crippen LogP) is 5.54. The molecule has 13 heteroatoms. The fourth-order valence-corrected chi connectivity index (χ4v) is 6.43. The third kappa shape index (κ3) is 6.34. The van der Waals surface area contributed by atoms with Crippen molar-refractivity contribution in [2.75, 3.05) is 31.8 Å². The standard InChI is InChI=1S/C32H35ClN8O4/c1-3-19-9-11-20(12-10-19)17-41-26-25(23-15-22(33)16-36-30(23)43-2)37-29(27(34)45-31(35)42)38-28(26)39-32(41)40-13-14-44-18-24(40)21-7-5-4-6-8-21/h3-8,15-16,19-20,24,34H,1,9-14,17-18H2,2H3,(H2,35,42). The Morgan fingerprint density at radius 3 is 2.69 bits per heavy atom. The van der Waals surface area contributed by atoms with Gasteiger partial charge in [0.05, 0.1) is 37.0 Å². The van der Waals surface area contributed by atoms with Gasteiger partial charge in [-0.05, 0) is 49.1 Å². The first kappa shape index (κ1) is 30.5. The third-order valence-corrected chi connectivity index (χ3v) is 8.70. The Kier molecular flexibility index (Phi) is 8.95. The molecule has 1 saturated carbocycles. The SMILES string of the molecule is C=CC1CCC(Cn2c(N3CCOCC3c3ccccc3)nc3nc(C(=N)OC(N)=O)nc(-c4cc(Cl)cnc4OC)c32)CC1. The fourth-order valence-electron chi connectivity index (χ4n) is 6.27. The molecule has 1 atom stereocenters. The van der Waals surface area contributed by atoms with Crippen LogP contribution in [-0.4, -0.2) is 63.4 Å². The molecule has 1 aromatic carbocycles. The fraction of sp³-hybridized carbons (Fsp3) is 0.375. The molecule has 1 aliphatic carbocycles. The van der Waals surface area contributed by atoms with E-state index in [0.717, 1.165) is 31.2 Å². The van der Waals surface area contributed by atoms with E-state index in [0.29, 0.717) is 71.5 Å². The Bertz CT molecular complexity index is 1720. The second-order valence-electron chi connectivity index (χ2n) is 11.3. The van der Waals surface area contributed by atoms with Crippen LogP contribution in [0.4, 0.5) is 10.7 Å². The van der Waals surface area contributed by atoms with Gasteiger partial charge in [0.15, 0.2) is 5.65 Å². The number of methoxy groups -OCH3 is 1. The second kappa shape index (κ2) is 13.2. The van der Waals surface area contributed by atoms with E-state index < -0.39 is 12.0 Å². The number of pyridine rings is 1. The molecular weight excluding hydrogens is 596 g/mol. The number of hydrogen-bond donors (Lipinski definition) is 2. The van der Waals surface area contributed by atoms with E-state index in [2.05, 4.69) is 44.2 Å². The van der Waals surface area contributed by atoms with Crippen LogP contribution >= 0.6 is 11.6 Å². The van der Waals surface area contributed by atoms with Crippen molar-refractivity contribution in [3.63, 3.8) is 0 Å². The minimum absolute atomic E-state index is 0.0956. The molecule has 12 nitrogen and oxygen atoms in total. The monoisotopic (exact) mass is 630 g/mol. The molecule has 1 aliphatic heterocycles. The molecule has 2 fully saturated rings. The van der Waals surface area contributed by atoms with Gasteiger partial charge in [0.25, 0.3) is 5.90 Å². The van der Waals surface area contributed by atoms with Gasteiger partial charge in [-0.25, -0.2) is 19.7 Å². The summed E-state index contributed by atoms with van der Waals surface area (Å²) in [4.78, 5) is 32.6. The summed E-state index contributed by atoms with van der Waals surface area (Å²) >= 11 is 6.44. The summed E-state index contributed by atoms with van der Waals surface area (Å²) in [6.45, 7) is 6.30. The lowest BCUT2D eigenvalue weighted by atomic mass is 9.82. The summed E-state index contributed by atoms with van der Waals surface area (Å²) in [7, 11) is 1.51. The Balaban J connectivity index is 1.59. The smallest absolute Gasteiger partial charge is 0.411 e. The number of nitrogens with one attached hydrogen (secondary N) is 1. The van der Waals surface area contributed by atoms with E-state index in [9.17, 15) is 4.79 Å². The molecule has 6 rings (SSSR count). The minimum Gasteiger partial charge on any atom is -0.481 e. The number of aromatic nitrogens is 5. The zero-order valence-corrected chi connectivity index (χ0v) is 25.7. The lowest BCUT2D eigenvalue weighted by Gasteiger charge is -2.37. The summed E-state index contributed by atoms with van der Waals surface area (Å²) in [5.41, 5.74) is 8.16. The summed E-state index contributed by atoms with van der Waals surface area (Å²) in [5, 5.41) is 8.76. The molecule has 0 bridgehead atoms. The minimum atomic E-state index is -1.15. The number of ether oxygens (including phenoxy) is 3. The number of imidazole rings is 1. The van der Waals surface area contributed by atoms with Crippen molar-refractivity contribution in [1.29, 1.82) is 5.41 Å². The van der Waals surface area contributed by atoms with Crippen LogP contribution in [0.25, 0.3) is 22.4 Å². The van der Waals surface area contributed by atoms with Gasteiger partial charge in [-0.15, -0.1) is 6.58 Å². The first-order chi connectivity index (χ1) is 21.9. The average molecular weight is 631 g/mol. The average Bonchev–Trinajstić information content (AvgIpc) is 3.42. The second-order valence-corrected chi connectivity index (χ2v) is 11.7. The van der Waals surface area contributed by atoms with Crippen LogP contribution in [0.2, 0.25) is 5.02 Å². The van der Waals surface area contributed by atoms with Crippen LogP contribution in [0.3, 0.4) is 0 Å². The number of amides is 1. The summed E-state index contributed by atoms with van der Waals surface area (Å²) in [6.07, 6.45) is 6.61. The Labute approximate surface area is 265 Å². The van der Waals surface area contributed by atoms with Crippen LogP contribution in [0.15, 0.2) is 55.3 Å². The summed E-state index contributed by atoms with van der Waals surface area (Å²) in [6, 6.07) is 11.8. The van der Waals surface area contributed by atoms with Crippen molar-refractivity contribution in [3.8, 4) is 17.1 Å². The van der Waals surface area contributed by atoms with E-state index >= 15 is 0 Å². The van der Waals surface area contributed by atoms with Crippen molar-refractivity contribution in [1.82, 2.24) is 24.5 Å². The van der Waals surface area contributed by atoms with Gasteiger partial charge in [-0.1, -0.05) is 48.0 Å². The van der Waals surface area contributed by atoms with Gasteiger partial charge in [0, 0.05) is 19.3 Å². The van der Waals surface area contributed by atoms with E-state index in [-0.39, 0.29) is 17.7 Å². The number of morpholine rings is 1. The van der Waals surface area contributed by atoms with E-state index in [1.165, 1.54) is 13.3 Å². The highest BCUT2D eigenvalue weighted by Gasteiger charge is 2.33. The lowest BCUT2D eigenvalue weighted by Crippen LogP contribution is -2.41. The maximum Gasteiger partial charge on any atom is 0.411 e. The van der Waals surface area contributed by atoms with Gasteiger partial charge in [0.2, 0.25) is 17.7 Å². The molecule has 4 aromatic rings. The van der Waals surface area contributed by atoms with Crippen LogP contribution in [-0.2, 0) is 16.0 Å². The number of allylic oxidation sites excluding steroid dienone is 1. The molecule has 1 unspecified atom stereocenters. The Morgan fingerprint density at radius 2 is 1.98 bits per heavy atom. The molecule has 0 spiro atoms. The van der Waals surface area contributed by atoms with Crippen LogP contribution in [0.1, 0.15) is 43.1 Å². The van der Waals surface area contributed by atoms with E-state index in [1.807, 2.05) is 18.2 Å². The van der Waals surface area contributed by atoms with Gasteiger partial charge in [0.1, 0.15) is 11.2 Å². The maximum absolute atomic E-state index is 11.6. The number of fused-ring (bicyclic) bond motifs is 1. The number of hydrogen-bond acceptors (Lipinski definition) is 10. The Hall–Kier alpha value is -4.55.